The van der Waals surface area contributed by atoms with Crippen molar-refractivity contribution in [3.05, 3.63) is 54.5 Å². The van der Waals surface area contributed by atoms with Crippen molar-refractivity contribution in [3.63, 3.8) is 0 Å². The van der Waals surface area contributed by atoms with Crippen molar-refractivity contribution in [2.24, 2.45) is 0 Å². The van der Waals surface area contributed by atoms with Gasteiger partial charge in [0.15, 0.2) is 5.76 Å². The van der Waals surface area contributed by atoms with Gasteiger partial charge in [-0.15, -0.1) is 0 Å². The van der Waals surface area contributed by atoms with Crippen LogP contribution < -0.4 is 4.74 Å². The fourth-order valence-corrected chi connectivity index (χ4v) is 3.57. The molecule has 7 heteroatoms. The number of amides is 2. The highest BCUT2D eigenvalue weighted by molar-refractivity contribution is 5.96. The van der Waals surface area contributed by atoms with Crippen LogP contribution in [-0.2, 0) is 9.53 Å². The second kappa shape index (κ2) is 7.84. The van der Waals surface area contributed by atoms with E-state index >= 15 is 0 Å². The Morgan fingerprint density at radius 1 is 1.04 bits per heavy atom. The van der Waals surface area contributed by atoms with Crippen molar-refractivity contribution in [1.29, 1.82) is 0 Å². The molecule has 0 saturated carbocycles. The highest BCUT2D eigenvalue weighted by Crippen LogP contribution is 2.26. The van der Waals surface area contributed by atoms with E-state index in [2.05, 4.69) is 0 Å². The van der Waals surface area contributed by atoms with E-state index in [4.69, 9.17) is 13.9 Å². The second-order valence-electron chi connectivity index (χ2n) is 6.68. The number of hydrogen-bond acceptors (Lipinski definition) is 5. The summed E-state index contributed by atoms with van der Waals surface area (Å²) in [6.45, 7) is 2.48. The molecule has 1 aromatic carbocycles. The van der Waals surface area contributed by atoms with Gasteiger partial charge in [-0.05, 0) is 24.3 Å². The maximum absolute atomic E-state index is 13.1. The number of likely N-dealkylation sites (tertiary alicyclic amines) is 1. The van der Waals surface area contributed by atoms with Crippen LogP contribution in [0.15, 0.2) is 53.1 Å². The van der Waals surface area contributed by atoms with Crippen molar-refractivity contribution in [2.75, 3.05) is 32.8 Å². The number of hydrogen-bond donors (Lipinski definition) is 0. The molecule has 0 aliphatic carbocycles. The van der Waals surface area contributed by atoms with E-state index in [1.165, 1.54) is 6.26 Å². The molecule has 3 heterocycles. The Morgan fingerprint density at radius 3 is 2.52 bits per heavy atom. The van der Waals surface area contributed by atoms with Crippen LogP contribution >= 0.6 is 0 Å². The van der Waals surface area contributed by atoms with E-state index < -0.39 is 6.04 Å². The Balaban J connectivity index is 1.53. The number of benzene rings is 1. The maximum atomic E-state index is 13.1. The minimum atomic E-state index is -0.561. The van der Waals surface area contributed by atoms with Crippen LogP contribution in [0.5, 0.6) is 5.75 Å². The molecular weight excluding hydrogens is 348 g/mol. The zero-order chi connectivity index (χ0) is 18.6. The summed E-state index contributed by atoms with van der Waals surface area (Å²) in [5.74, 6) is 0.616. The van der Waals surface area contributed by atoms with Crippen molar-refractivity contribution in [2.45, 2.75) is 18.6 Å². The minimum absolute atomic E-state index is 0.0580. The molecule has 0 spiro atoms. The van der Waals surface area contributed by atoms with Gasteiger partial charge in [0.25, 0.3) is 5.91 Å². The molecule has 2 amide bonds. The van der Waals surface area contributed by atoms with Crippen molar-refractivity contribution in [3.8, 4) is 5.75 Å². The lowest BCUT2D eigenvalue weighted by molar-refractivity contribution is -0.139. The van der Waals surface area contributed by atoms with E-state index in [9.17, 15) is 9.59 Å². The minimum Gasteiger partial charge on any atom is -0.488 e. The van der Waals surface area contributed by atoms with Crippen LogP contribution in [0.3, 0.4) is 0 Å². The molecular formula is C20H22N2O5. The lowest BCUT2D eigenvalue weighted by atomic mass is 10.1. The summed E-state index contributed by atoms with van der Waals surface area (Å²) in [6, 6.07) is 12.2. The van der Waals surface area contributed by atoms with Crippen LogP contribution in [0.1, 0.15) is 17.0 Å². The van der Waals surface area contributed by atoms with Crippen LogP contribution in [0.25, 0.3) is 0 Å². The monoisotopic (exact) mass is 370 g/mol. The molecule has 0 bridgehead atoms. The SMILES string of the molecule is O=C([C@@H]1C[C@H](Oc2ccccc2)CN1C(=O)c1ccco1)N1CCOCC1. The number of nitrogens with zero attached hydrogens (tertiary/aromatic N) is 2. The first-order valence-corrected chi connectivity index (χ1v) is 9.15. The number of ether oxygens (including phenoxy) is 2. The van der Waals surface area contributed by atoms with Crippen molar-refractivity contribution in [1.82, 2.24) is 9.80 Å². The summed E-state index contributed by atoms with van der Waals surface area (Å²) in [5, 5.41) is 0. The summed E-state index contributed by atoms with van der Waals surface area (Å²) in [5.41, 5.74) is 0. The topological polar surface area (TPSA) is 72.2 Å². The first-order valence-electron chi connectivity index (χ1n) is 9.15. The summed E-state index contributed by atoms with van der Waals surface area (Å²) < 4.78 is 16.6. The molecule has 2 aromatic rings. The molecule has 142 valence electrons. The van der Waals surface area contributed by atoms with Crippen molar-refractivity contribution >= 4 is 11.8 Å². The summed E-state index contributed by atoms with van der Waals surface area (Å²) in [4.78, 5) is 29.3. The van der Waals surface area contributed by atoms with Crippen LogP contribution in [0, 0.1) is 0 Å². The fourth-order valence-electron chi connectivity index (χ4n) is 3.57. The zero-order valence-corrected chi connectivity index (χ0v) is 15.0. The number of morpholine rings is 1. The fraction of sp³-hybridized carbons (Fsp3) is 0.400. The second-order valence-corrected chi connectivity index (χ2v) is 6.68. The number of carbonyl (C=O) groups is 2. The average Bonchev–Trinajstić information content (AvgIpc) is 3.39. The average molecular weight is 370 g/mol. The smallest absolute Gasteiger partial charge is 0.290 e. The summed E-state index contributed by atoms with van der Waals surface area (Å²) in [6.07, 6.45) is 1.67. The molecule has 2 aliphatic rings. The predicted molar refractivity (Wildman–Crippen MR) is 96.4 cm³/mol. The van der Waals surface area contributed by atoms with E-state index in [1.54, 1.807) is 21.9 Å². The van der Waals surface area contributed by atoms with Gasteiger partial charge in [-0.2, -0.15) is 0 Å². The third-order valence-electron chi connectivity index (χ3n) is 4.91. The Morgan fingerprint density at radius 2 is 1.81 bits per heavy atom. The molecule has 2 aliphatic heterocycles. The van der Waals surface area contributed by atoms with Crippen LogP contribution in [-0.4, -0.2) is 66.6 Å². The van der Waals surface area contributed by atoms with Gasteiger partial charge < -0.3 is 23.7 Å². The van der Waals surface area contributed by atoms with Gasteiger partial charge >= 0.3 is 0 Å². The van der Waals surface area contributed by atoms with E-state index in [0.29, 0.717) is 39.3 Å². The van der Waals surface area contributed by atoms with Gasteiger partial charge in [-0.1, -0.05) is 18.2 Å². The first kappa shape index (κ1) is 17.6. The lowest BCUT2D eigenvalue weighted by Crippen LogP contribution is -2.51. The van der Waals surface area contributed by atoms with Gasteiger partial charge in [-0.25, -0.2) is 0 Å². The molecule has 2 saturated heterocycles. The standard InChI is InChI=1S/C20H22N2O5/c23-19(21-8-11-25-12-9-21)17-13-16(27-15-5-2-1-3-6-15)14-22(17)20(24)18-7-4-10-26-18/h1-7,10,16-17H,8-9,11-14H2/t16-,17-/m0/s1. The third kappa shape index (κ3) is 3.83. The molecule has 7 nitrogen and oxygen atoms in total. The van der Waals surface area contributed by atoms with Crippen LogP contribution in [0.2, 0.25) is 0 Å². The first-order chi connectivity index (χ1) is 13.2. The Labute approximate surface area is 157 Å². The molecule has 4 rings (SSSR count). The Bertz CT molecular complexity index is 771. The molecule has 27 heavy (non-hydrogen) atoms. The predicted octanol–water partition coefficient (Wildman–Crippen LogP) is 1.80. The quantitative estimate of drug-likeness (QED) is 0.821. The Kier molecular flexibility index (Phi) is 5.11. The van der Waals surface area contributed by atoms with Gasteiger partial charge in [0, 0.05) is 19.5 Å². The molecule has 1 aromatic heterocycles. The van der Waals surface area contributed by atoms with Crippen LogP contribution in [0.4, 0.5) is 0 Å². The molecule has 2 atom stereocenters. The number of rotatable bonds is 4. The maximum Gasteiger partial charge on any atom is 0.290 e. The van der Waals surface area contributed by atoms with E-state index in [1.807, 2.05) is 30.3 Å². The van der Waals surface area contributed by atoms with Gasteiger partial charge in [0.2, 0.25) is 5.91 Å². The molecule has 0 N–H and O–H groups in total. The summed E-state index contributed by atoms with van der Waals surface area (Å²) >= 11 is 0. The lowest BCUT2D eigenvalue weighted by Gasteiger charge is -2.32. The molecule has 2 fully saturated rings. The highest BCUT2D eigenvalue weighted by atomic mass is 16.5. The van der Waals surface area contributed by atoms with Gasteiger partial charge in [-0.3, -0.25) is 9.59 Å². The van der Waals surface area contributed by atoms with Gasteiger partial charge in [0.1, 0.15) is 17.9 Å². The number of para-hydroxylation sites is 1. The molecule has 0 radical (unpaired) electrons. The van der Waals surface area contributed by atoms with Gasteiger partial charge in [0.05, 0.1) is 26.0 Å². The number of carbonyl (C=O) groups excluding carboxylic acids is 2. The third-order valence-corrected chi connectivity index (χ3v) is 4.91. The highest BCUT2D eigenvalue weighted by Gasteiger charge is 2.43. The van der Waals surface area contributed by atoms with E-state index in [0.717, 1.165) is 5.75 Å². The van der Waals surface area contributed by atoms with E-state index in [-0.39, 0.29) is 23.7 Å². The number of furan rings is 1. The molecule has 0 unspecified atom stereocenters. The Hall–Kier alpha value is -2.80. The van der Waals surface area contributed by atoms with Crippen molar-refractivity contribution < 1.29 is 23.5 Å². The normalized spacial score (nSPS) is 22.7. The largest absolute Gasteiger partial charge is 0.488 e. The zero-order valence-electron chi connectivity index (χ0n) is 15.0. The summed E-state index contributed by atoms with van der Waals surface area (Å²) in [7, 11) is 0.